The first-order chi connectivity index (χ1) is 18.8. The number of carbonyl (C=O) groups excluding carboxylic acids is 1. The van der Waals surface area contributed by atoms with Crippen LogP contribution in [0.25, 0.3) is 11.3 Å². The minimum atomic E-state index is -4.60. The molecule has 0 unspecified atom stereocenters. The van der Waals surface area contributed by atoms with Gasteiger partial charge in [0.25, 0.3) is 0 Å². The average Bonchev–Trinajstić information content (AvgIpc) is 3.54. The number of benzene rings is 1. The molecule has 0 bridgehead atoms. The van der Waals surface area contributed by atoms with Gasteiger partial charge in [-0.2, -0.15) is 18.4 Å². The van der Waals surface area contributed by atoms with Crippen molar-refractivity contribution in [2.75, 3.05) is 29.5 Å². The maximum Gasteiger partial charge on any atom is 0.402 e. The van der Waals surface area contributed by atoms with Gasteiger partial charge < -0.3 is 9.32 Å². The van der Waals surface area contributed by atoms with E-state index in [-0.39, 0.29) is 23.7 Å². The zero-order valence-corrected chi connectivity index (χ0v) is 23.6. The number of nitriles is 1. The van der Waals surface area contributed by atoms with Gasteiger partial charge >= 0.3 is 6.18 Å². The second kappa shape index (κ2) is 10.2. The number of Topliss-reactive ketones (excluding diaryl/α,β-unsaturated/α-hetero) is 1. The third-order valence-electron chi connectivity index (χ3n) is 8.87. The first-order valence-corrected chi connectivity index (χ1v) is 15.7. The van der Waals surface area contributed by atoms with Crippen molar-refractivity contribution in [3.63, 3.8) is 0 Å². The Balaban J connectivity index is 1.51. The lowest BCUT2D eigenvalue weighted by Gasteiger charge is -2.30. The van der Waals surface area contributed by atoms with Crippen LogP contribution in [-0.4, -0.2) is 50.0 Å². The van der Waals surface area contributed by atoms with Crippen LogP contribution in [0.5, 0.6) is 0 Å². The summed E-state index contributed by atoms with van der Waals surface area (Å²) in [6, 6.07) is 9.42. The summed E-state index contributed by atoms with van der Waals surface area (Å²) in [5, 5.41) is 9.52. The number of alkyl halides is 3. The molecule has 0 N–H and O–H groups in total. The van der Waals surface area contributed by atoms with Gasteiger partial charge in [-0.15, -0.1) is 0 Å². The molecule has 11 heteroatoms. The van der Waals surface area contributed by atoms with E-state index in [0.717, 1.165) is 32.4 Å². The Bertz CT molecular complexity index is 1410. The summed E-state index contributed by atoms with van der Waals surface area (Å²) in [5.41, 5.74) is -1.26. The molecule has 1 saturated heterocycles. The molecule has 5 rings (SSSR count). The normalized spacial score (nSPS) is 24.4. The summed E-state index contributed by atoms with van der Waals surface area (Å²) in [6.07, 6.45) is -0.222. The van der Waals surface area contributed by atoms with Gasteiger partial charge in [0.05, 0.1) is 23.0 Å². The summed E-state index contributed by atoms with van der Waals surface area (Å²) in [5.74, 6) is -0.902. The largest absolute Gasteiger partial charge is 0.444 e. The predicted octanol–water partition coefficient (Wildman–Crippen LogP) is 5.95. The van der Waals surface area contributed by atoms with E-state index in [4.69, 9.17) is 4.42 Å². The molecule has 1 aromatic carbocycles. The fourth-order valence-corrected chi connectivity index (χ4v) is 6.95. The van der Waals surface area contributed by atoms with Crippen LogP contribution in [0.1, 0.15) is 76.4 Å². The zero-order chi connectivity index (χ0) is 28.9. The molecule has 40 heavy (non-hydrogen) atoms. The number of sulfone groups is 1. The fourth-order valence-electron chi connectivity index (χ4n) is 5.75. The van der Waals surface area contributed by atoms with Crippen molar-refractivity contribution in [3.05, 3.63) is 35.9 Å². The van der Waals surface area contributed by atoms with E-state index in [2.05, 4.69) is 11.1 Å². The van der Waals surface area contributed by atoms with Crippen LogP contribution in [0.3, 0.4) is 0 Å². The molecular weight excluding hydrogens is 543 g/mol. The molecule has 2 atom stereocenters. The molecule has 3 fully saturated rings. The van der Waals surface area contributed by atoms with Crippen LogP contribution in [0.15, 0.2) is 28.7 Å². The molecule has 1 aromatic heterocycles. The van der Waals surface area contributed by atoms with Crippen molar-refractivity contribution >= 4 is 21.3 Å². The fraction of sp³-hybridized carbons (Fsp3) is 0.621. The van der Waals surface area contributed by atoms with E-state index in [9.17, 15) is 31.6 Å². The number of hydrogen-bond donors (Lipinski definition) is 0. The minimum Gasteiger partial charge on any atom is -0.444 e. The molecule has 0 radical (unpaired) electrons. The summed E-state index contributed by atoms with van der Waals surface area (Å²) >= 11 is 0. The number of nitrogens with zero attached hydrogens (tertiary/aromatic N) is 3. The third kappa shape index (κ3) is 5.52. The van der Waals surface area contributed by atoms with Gasteiger partial charge in [-0.1, -0.05) is 25.0 Å². The highest BCUT2D eigenvalue weighted by molar-refractivity contribution is 7.91. The number of ketones is 1. The van der Waals surface area contributed by atoms with Gasteiger partial charge in [0.1, 0.15) is 22.7 Å². The minimum absolute atomic E-state index is 0.0295. The molecule has 0 spiro atoms. The Hall–Kier alpha value is -2.87. The molecule has 216 valence electrons. The molecule has 3 aliphatic rings. The Kier molecular flexibility index (Phi) is 7.30. The number of rotatable bonds is 7. The van der Waals surface area contributed by atoms with Crippen molar-refractivity contribution in [2.24, 2.45) is 11.3 Å². The number of hydrogen-bond acceptors (Lipinski definition) is 7. The molecule has 2 aliphatic carbocycles. The molecule has 1 aliphatic heterocycles. The smallest absolute Gasteiger partial charge is 0.402 e. The van der Waals surface area contributed by atoms with Crippen molar-refractivity contribution < 1.29 is 30.8 Å². The van der Waals surface area contributed by atoms with Crippen molar-refractivity contribution in [1.29, 1.82) is 5.26 Å². The Labute approximate surface area is 232 Å². The standard InChI is InChI=1S/C29H34F3N3O4S/c1-27(2,29(30,31)32)26-34-24(19-7-9-20(10-8-19)35-13-15-40(37,38)16-14-35)25(39-26)22-6-4-3-5-21(22)23(36)17-28(18-33)11-12-28/h7-10,21-22H,3-6,11-17H2,1-2H3/t21-,22-/m1/s1. The zero-order valence-electron chi connectivity index (χ0n) is 22.8. The molecule has 0 amide bonds. The summed E-state index contributed by atoms with van der Waals surface area (Å²) in [4.78, 5) is 19.8. The monoisotopic (exact) mass is 577 g/mol. The molecular formula is C29H34F3N3O4S. The topological polar surface area (TPSA) is 104 Å². The Morgan fingerprint density at radius 1 is 1.12 bits per heavy atom. The molecule has 7 nitrogen and oxygen atoms in total. The summed E-state index contributed by atoms with van der Waals surface area (Å²) < 4.78 is 71.7. The van der Waals surface area contributed by atoms with Gasteiger partial charge in [0, 0.05) is 42.6 Å². The number of oxazole rings is 1. The van der Waals surface area contributed by atoms with Gasteiger partial charge in [0.2, 0.25) is 5.89 Å². The van der Waals surface area contributed by atoms with E-state index in [1.807, 2.05) is 17.0 Å². The number of aromatic nitrogens is 1. The third-order valence-corrected chi connectivity index (χ3v) is 10.5. The summed E-state index contributed by atoms with van der Waals surface area (Å²) in [7, 11) is -3.04. The van der Waals surface area contributed by atoms with Gasteiger partial charge in [-0.05, 0) is 51.7 Å². The van der Waals surface area contributed by atoms with Gasteiger partial charge in [-0.3, -0.25) is 4.79 Å². The van der Waals surface area contributed by atoms with Crippen LogP contribution in [0.2, 0.25) is 0 Å². The van der Waals surface area contributed by atoms with Crippen molar-refractivity contribution in [1.82, 2.24) is 4.98 Å². The van der Waals surface area contributed by atoms with Gasteiger partial charge in [-0.25, -0.2) is 13.4 Å². The van der Waals surface area contributed by atoms with E-state index >= 15 is 0 Å². The molecule has 2 saturated carbocycles. The van der Waals surface area contributed by atoms with Crippen LogP contribution in [-0.2, 0) is 20.0 Å². The molecule has 2 heterocycles. The van der Waals surface area contributed by atoms with Crippen molar-refractivity contribution in [3.8, 4) is 17.3 Å². The van der Waals surface area contributed by atoms with E-state index < -0.39 is 44.6 Å². The van der Waals surface area contributed by atoms with Crippen LogP contribution < -0.4 is 4.90 Å². The lowest BCUT2D eigenvalue weighted by atomic mass is 9.73. The van der Waals surface area contributed by atoms with Crippen LogP contribution >= 0.6 is 0 Å². The Morgan fingerprint density at radius 3 is 2.33 bits per heavy atom. The second-order valence-electron chi connectivity index (χ2n) is 12.1. The predicted molar refractivity (Wildman–Crippen MR) is 143 cm³/mol. The maximum absolute atomic E-state index is 14.0. The second-order valence-corrected chi connectivity index (χ2v) is 14.4. The quantitative estimate of drug-likeness (QED) is 0.400. The molecule has 2 aromatic rings. The van der Waals surface area contributed by atoms with E-state index in [1.165, 1.54) is 0 Å². The van der Waals surface area contributed by atoms with Gasteiger partial charge in [0.15, 0.2) is 9.84 Å². The lowest BCUT2D eigenvalue weighted by molar-refractivity contribution is -0.186. The SMILES string of the molecule is CC(C)(c1nc(-c2ccc(N3CCS(=O)(=O)CC3)cc2)c([C@@H]2CCCC[C@H]2C(=O)CC2(C#N)CC2)o1)C(F)(F)F. The highest BCUT2D eigenvalue weighted by atomic mass is 32.2. The number of halogens is 3. The number of carbonyl (C=O) groups is 1. The highest BCUT2D eigenvalue weighted by Gasteiger charge is 2.53. The lowest BCUT2D eigenvalue weighted by Crippen LogP contribution is -2.40. The van der Waals surface area contributed by atoms with E-state index in [0.29, 0.717) is 55.8 Å². The first kappa shape index (κ1) is 28.7. The maximum atomic E-state index is 14.0. The summed E-state index contributed by atoms with van der Waals surface area (Å²) in [6.45, 7) is 2.81. The highest BCUT2D eigenvalue weighted by Crippen LogP contribution is 2.52. The number of anilines is 1. The van der Waals surface area contributed by atoms with E-state index in [1.54, 1.807) is 12.1 Å². The first-order valence-electron chi connectivity index (χ1n) is 13.8. The average molecular weight is 578 g/mol. The van der Waals surface area contributed by atoms with Crippen LogP contribution in [0.4, 0.5) is 18.9 Å². The van der Waals surface area contributed by atoms with Crippen LogP contribution in [0, 0.1) is 22.7 Å². The van der Waals surface area contributed by atoms with Crippen molar-refractivity contribution in [2.45, 2.75) is 76.3 Å². The Morgan fingerprint density at radius 2 is 1.75 bits per heavy atom.